The van der Waals surface area contributed by atoms with Crippen LogP contribution < -0.4 is 5.73 Å². The first-order chi connectivity index (χ1) is 12.1. The molecule has 2 N–H and O–H groups in total. The van der Waals surface area contributed by atoms with E-state index >= 15 is 0 Å². The van der Waals surface area contributed by atoms with Gasteiger partial charge in [-0.25, -0.2) is 14.1 Å². The minimum Gasteiger partial charge on any atom is -0.330 e. The zero-order chi connectivity index (χ0) is 17.4. The monoisotopic (exact) mass is 342 g/mol. The largest absolute Gasteiger partial charge is 0.330 e. The third kappa shape index (κ3) is 2.72. The molecule has 0 bridgehead atoms. The van der Waals surface area contributed by atoms with E-state index in [4.69, 9.17) is 10.3 Å². The highest BCUT2D eigenvalue weighted by Gasteiger charge is 2.36. The van der Waals surface area contributed by atoms with Gasteiger partial charge in [-0.1, -0.05) is 37.1 Å². The molecule has 3 aromatic rings. The van der Waals surface area contributed by atoms with Gasteiger partial charge in [-0.05, 0) is 25.0 Å². The topological polar surface area (TPSA) is 95.7 Å². The van der Waals surface area contributed by atoms with Crippen molar-refractivity contribution in [3.8, 4) is 17.4 Å². The molecule has 1 aromatic carbocycles. The Morgan fingerprint density at radius 3 is 2.72 bits per heavy atom. The maximum Gasteiger partial charge on any atom is 0.297 e. The summed E-state index contributed by atoms with van der Waals surface area (Å²) in [5, 5.41) is 8.40. The molecule has 0 saturated heterocycles. The van der Waals surface area contributed by atoms with E-state index < -0.39 is 5.54 Å². The Kier molecular flexibility index (Phi) is 3.84. The van der Waals surface area contributed by atoms with Gasteiger partial charge in [0.1, 0.15) is 17.3 Å². The number of rotatable bonds is 4. The number of halogens is 1. The lowest BCUT2D eigenvalue weighted by Crippen LogP contribution is -2.34. The van der Waals surface area contributed by atoms with Crippen LogP contribution in [0.25, 0.3) is 17.4 Å². The third-order valence-electron chi connectivity index (χ3n) is 4.63. The summed E-state index contributed by atoms with van der Waals surface area (Å²) >= 11 is 0. The van der Waals surface area contributed by atoms with Crippen LogP contribution in [-0.2, 0) is 12.0 Å². The van der Waals surface area contributed by atoms with Crippen LogP contribution in [0.1, 0.15) is 44.3 Å². The molecule has 0 radical (unpaired) electrons. The van der Waals surface area contributed by atoms with Gasteiger partial charge in [-0.3, -0.25) is 0 Å². The fourth-order valence-corrected chi connectivity index (χ4v) is 3.23. The van der Waals surface area contributed by atoms with Gasteiger partial charge in [-0.2, -0.15) is 4.98 Å². The summed E-state index contributed by atoms with van der Waals surface area (Å²) in [6, 6.07) is 6.43. The van der Waals surface area contributed by atoms with Crippen molar-refractivity contribution in [2.24, 2.45) is 5.73 Å². The first kappa shape index (κ1) is 15.9. The molecular formula is C17H19FN6O. The summed E-state index contributed by atoms with van der Waals surface area (Å²) in [7, 11) is 0. The minimum absolute atomic E-state index is 0.205. The second-order valence-corrected chi connectivity index (χ2v) is 6.35. The van der Waals surface area contributed by atoms with Crippen LogP contribution in [0, 0.1) is 5.82 Å². The van der Waals surface area contributed by atoms with E-state index in [1.165, 1.54) is 10.7 Å². The maximum atomic E-state index is 14.1. The predicted octanol–water partition coefficient (Wildman–Crippen LogP) is 2.75. The highest BCUT2D eigenvalue weighted by Crippen LogP contribution is 2.35. The fraction of sp³-hybridized carbons (Fsp3) is 0.412. The van der Waals surface area contributed by atoms with Crippen LogP contribution in [0.15, 0.2) is 28.8 Å². The highest BCUT2D eigenvalue weighted by atomic mass is 19.1. The van der Waals surface area contributed by atoms with E-state index in [2.05, 4.69) is 20.2 Å². The van der Waals surface area contributed by atoms with Crippen molar-refractivity contribution in [1.29, 1.82) is 0 Å². The summed E-state index contributed by atoms with van der Waals surface area (Å²) in [5.41, 5.74) is 6.16. The lowest BCUT2D eigenvalue weighted by atomic mass is 9.99. The summed E-state index contributed by atoms with van der Waals surface area (Å²) < 4.78 is 20.9. The van der Waals surface area contributed by atoms with E-state index in [9.17, 15) is 4.39 Å². The zero-order valence-electron chi connectivity index (χ0n) is 13.9. The molecule has 0 spiro atoms. The van der Waals surface area contributed by atoms with E-state index in [-0.39, 0.29) is 17.5 Å². The predicted molar refractivity (Wildman–Crippen MR) is 88.3 cm³/mol. The van der Waals surface area contributed by atoms with Crippen LogP contribution in [0.3, 0.4) is 0 Å². The molecule has 1 aliphatic rings. The minimum atomic E-state index is -0.538. The number of hydrogen-bond donors (Lipinski definition) is 1. The Morgan fingerprint density at radius 2 is 2.00 bits per heavy atom. The van der Waals surface area contributed by atoms with Crippen molar-refractivity contribution in [1.82, 2.24) is 24.9 Å². The van der Waals surface area contributed by atoms with Crippen LogP contribution >= 0.6 is 0 Å². The molecule has 0 aliphatic heterocycles. The Bertz CT molecular complexity index is 896. The molecule has 25 heavy (non-hydrogen) atoms. The lowest BCUT2D eigenvalue weighted by Gasteiger charge is -2.17. The molecule has 2 heterocycles. The van der Waals surface area contributed by atoms with E-state index in [0.717, 1.165) is 25.7 Å². The molecule has 1 fully saturated rings. The van der Waals surface area contributed by atoms with E-state index in [0.29, 0.717) is 23.8 Å². The van der Waals surface area contributed by atoms with Gasteiger partial charge in [0.05, 0.1) is 5.54 Å². The molecular weight excluding hydrogens is 323 g/mol. The lowest BCUT2D eigenvalue weighted by molar-refractivity contribution is 0.372. The number of nitrogens with zero attached hydrogens (tertiary/aromatic N) is 5. The molecule has 0 unspecified atom stereocenters. The Hall–Kier alpha value is -2.61. The molecule has 1 saturated carbocycles. The standard InChI is InChI=1S/C17H19FN6O/c1-2-13-20-14(22-24(13)12-8-4-3-7-11(12)18)15-21-16(23-25-15)17(19)9-5-6-10-17/h3-4,7-8H,2,5-6,9-10,19H2,1H3. The van der Waals surface area contributed by atoms with E-state index in [1.807, 2.05) is 6.92 Å². The van der Waals surface area contributed by atoms with Gasteiger partial charge in [-0.15, -0.1) is 5.10 Å². The molecule has 130 valence electrons. The van der Waals surface area contributed by atoms with Crippen molar-refractivity contribution in [2.45, 2.75) is 44.6 Å². The first-order valence-electron chi connectivity index (χ1n) is 8.45. The number of hydrogen-bond acceptors (Lipinski definition) is 6. The van der Waals surface area contributed by atoms with Crippen molar-refractivity contribution >= 4 is 0 Å². The van der Waals surface area contributed by atoms with Crippen molar-refractivity contribution in [2.75, 3.05) is 0 Å². The molecule has 2 aromatic heterocycles. The van der Waals surface area contributed by atoms with Crippen LogP contribution in [0.2, 0.25) is 0 Å². The van der Waals surface area contributed by atoms with E-state index in [1.54, 1.807) is 18.2 Å². The molecule has 1 aliphatic carbocycles. The van der Waals surface area contributed by atoms with Crippen molar-refractivity contribution < 1.29 is 8.91 Å². The Labute approximate surface area is 144 Å². The van der Waals surface area contributed by atoms with Gasteiger partial charge in [0.2, 0.25) is 5.82 Å². The summed E-state index contributed by atoms with van der Waals surface area (Å²) in [6.07, 6.45) is 4.37. The van der Waals surface area contributed by atoms with Gasteiger partial charge in [0.25, 0.3) is 5.89 Å². The third-order valence-corrected chi connectivity index (χ3v) is 4.63. The number of aromatic nitrogens is 5. The summed E-state index contributed by atoms with van der Waals surface area (Å²) in [6.45, 7) is 1.93. The molecule has 8 heteroatoms. The van der Waals surface area contributed by atoms with Gasteiger partial charge in [0.15, 0.2) is 5.82 Å². The number of para-hydroxylation sites is 1. The number of benzene rings is 1. The zero-order valence-corrected chi connectivity index (χ0v) is 13.9. The van der Waals surface area contributed by atoms with Crippen LogP contribution in [0.4, 0.5) is 4.39 Å². The Morgan fingerprint density at radius 1 is 1.24 bits per heavy atom. The average Bonchev–Trinajstić information content (AvgIpc) is 3.34. The molecule has 7 nitrogen and oxygen atoms in total. The highest BCUT2D eigenvalue weighted by molar-refractivity contribution is 5.42. The fourth-order valence-electron chi connectivity index (χ4n) is 3.23. The van der Waals surface area contributed by atoms with Gasteiger partial charge in [0, 0.05) is 6.42 Å². The average molecular weight is 342 g/mol. The van der Waals surface area contributed by atoms with Gasteiger partial charge >= 0.3 is 0 Å². The first-order valence-corrected chi connectivity index (χ1v) is 8.45. The summed E-state index contributed by atoms with van der Waals surface area (Å²) in [4.78, 5) is 8.83. The second-order valence-electron chi connectivity index (χ2n) is 6.35. The van der Waals surface area contributed by atoms with Crippen LogP contribution in [-0.4, -0.2) is 24.9 Å². The maximum absolute atomic E-state index is 14.1. The molecule has 0 atom stereocenters. The van der Waals surface area contributed by atoms with Crippen molar-refractivity contribution in [3.63, 3.8) is 0 Å². The second kappa shape index (κ2) is 6.03. The van der Waals surface area contributed by atoms with Gasteiger partial charge < -0.3 is 10.3 Å². The normalized spacial score (nSPS) is 16.4. The van der Waals surface area contributed by atoms with Crippen LogP contribution in [0.5, 0.6) is 0 Å². The summed E-state index contributed by atoms with van der Waals surface area (Å²) in [5.74, 6) is 1.21. The molecule has 4 rings (SSSR count). The quantitative estimate of drug-likeness (QED) is 0.783. The van der Waals surface area contributed by atoms with Crippen molar-refractivity contribution in [3.05, 3.63) is 41.7 Å². The molecule has 0 amide bonds. The Balaban J connectivity index is 1.73. The smallest absolute Gasteiger partial charge is 0.297 e. The number of aryl methyl sites for hydroxylation is 1. The number of nitrogens with two attached hydrogens (primary N) is 1. The SMILES string of the molecule is CCc1nc(-c2nc(C3(N)CCCC3)no2)nn1-c1ccccc1F.